The molecule has 0 heterocycles. The molecule has 0 aromatic heterocycles. The summed E-state index contributed by atoms with van der Waals surface area (Å²) < 4.78 is 11.2. The second-order valence-electron chi connectivity index (χ2n) is 14.8. The van der Waals surface area contributed by atoms with E-state index in [1.807, 2.05) is 6.08 Å². The predicted molar refractivity (Wildman–Crippen MR) is 147 cm³/mol. The summed E-state index contributed by atoms with van der Waals surface area (Å²) in [4.78, 5) is 39.8. The highest BCUT2D eigenvalue weighted by atomic mass is 16.5. The average Bonchev–Trinajstić information content (AvgIpc) is 2.83. The van der Waals surface area contributed by atoms with Crippen molar-refractivity contribution in [1.29, 1.82) is 0 Å². The van der Waals surface area contributed by atoms with Gasteiger partial charge in [0, 0.05) is 29.6 Å². The summed E-state index contributed by atoms with van der Waals surface area (Å²) in [6.45, 7) is 17.5. The summed E-state index contributed by atoms with van der Waals surface area (Å²) in [5.74, 6) is 0.720. The van der Waals surface area contributed by atoms with E-state index in [0.29, 0.717) is 5.92 Å². The van der Waals surface area contributed by atoms with Gasteiger partial charge in [-0.1, -0.05) is 66.2 Å². The summed E-state index contributed by atoms with van der Waals surface area (Å²) in [6.07, 6.45) is 11.7. The van der Waals surface area contributed by atoms with Gasteiger partial charge in [0.15, 0.2) is 5.78 Å². The van der Waals surface area contributed by atoms with E-state index >= 15 is 0 Å². The van der Waals surface area contributed by atoms with Crippen molar-refractivity contribution >= 4 is 17.7 Å². The summed E-state index contributed by atoms with van der Waals surface area (Å²) in [6, 6.07) is 0. The first-order chi connectivity index (χ1) is 17.6. The van der Waals surface area contributed by atoms with Gasteiger partial charge >= 0.3 is 11.9 Å². The fraction of sp³-hybridized carbons (Fsp3) is 0.788. The Morgan fingerprint density at radius 2 is 1.63 bits per heavy atom. The number of allylic oxidation sites excluding steroid dienone is 3. The van der Waals surface area contributed by atoms with Crippen LogP contribution in [0.25, 0.3) is 0 Å². The minimum absolute atomic E-state index is 0.0305. The molecule has 10 atom stereocenters. The molecule has 0 aliphatic heterocycles. The number of methoxy groups -OCH3 is 1. The molecule has 0 amide bonds. The molecule has 5 nitrogen and oxygen atoms in total. The summed E-state index contributed by atoms with van der Waals surface area (Å²) in [5, 5.41) is 0. The molecule has 0 N–H and O–H groups in total. The van der Waals surface area contributed by atoms with Crippen molar-refractivity contribution in [2.75, 3.05) is 7.11 Å². The summed E-state index contributed by atoms with van der Waals surface area (Å²) >= 11 is 0. The number of ether oxygens (including phenoxy) is 2. The molecule has 0 aromatic rings. The number of ketones is 1. The van der Waals surface area contributed by atoms with Gasteiger partial charge in [-0.3, -0.25) is 14.4 Å². The molecular weight excluding hydrogens is 476 g/mol. The Hall–Kier alpha value is -1.91. The van der Waals surface area contributed by atoms with Crippen molar-refractivity contribution in [3.8, 4) is 0 Å². The van der Waals surface area contributed by atoms with Gasteiger partial charge in [0.25, 0.3) is 0 Å². The van der Waals surface area contributed by atoms with E-state index in [1.165, 1.54) is 14.0 Å². The van der Waals surface area contributed by atoms with Crippen molar-refractivity contribution < 1.29 is 23.9 Å². The Kier molecular flexibility index (Phi) is 6.22. The molecule has 5 aliphatic carbocycles. The quantitative estimate of drug-likeness (QED) is 0.297. The third kappa shape index (κ3) is 3.32. The average molecular weight is 525 g/mol. The highest BCUT2D eigenvalue weighted by Crippen LogP contribution is 2.74. The van der Waals surface area contributed by atoms with Crippen molar-refractivity contribution in [3.05, 3.63) is 23.8 Å². The lowest BCUT2D eigenvalue weighted by Crippen LogP contribution is -2.66. The van der Waals surface area contributed by atoms with E-state index < -0.39 is 5.41 Å². The van der Waals surface area contributed by atoms with E-state index in [1.54, 1.807) is 0 Å². The minimum atomic E-state index is -0.694. The van der Waals surface area contributed by atoms with E-state index in [-0.39, 0.29) is 69.2 Å². The molecule has 0 bridgehead atoms. The molecule has 3 fully saturated rings. The largest absolute Gasteiger partial charge is 0.468 e. The number of hydrogen-bond acceptors (Lipinski definition) is 5. The highest BCUT2D eigenvalue weighted by molar-refractivity contribution is 5.96. The maximum absolute atomic E-state index is 14.5. The highest BCUT2D eigenvalue weighted by Gasteiger charge is 2.70. The minimum Gasteiger partial charge on any atom is -0.468 e. The van der Waals surface area contributed by atoms with Crippen molar-refractivity contribution in [2.24, 2.45) is 56.7 Å². The Labute approximate surface area is 229 Å². The van der Waals surface area contributed by atoms with Gasteiger partial charge in [0.05, 0.1) is 12.5 Å². The lowest BCUT2D eigenvalue weighted by atomic mass is 9.34. The number of esters is 2. The monoisotopic (exact) mass is 524 g/mol. The third-order valence-electron chi connectivity index (χ3n) is 13.0. The number of hydrogen-bond donors (Lipinski definition) is 0. The van der Waals surface area contributed by atoms with Crippen LogP contribution in [-0.2, 0) is 23.9 Å². The number of rotatable bonds is 2. The standard InChI is InChI=1S/C33H48O5/c1-19-10-15-33(28(36)37-9)17-16-31(7)22(26(33)20(19)2)18-23(35)27-30(6)13-12-25(38-21(3)34)29(4,5)24(30)11-14-32(27,31)8/h16-20,24-27H,10-15H2,1-9H3/t19-,20+,24+,25+,26+,27-,30+,31-,32-,33+/m1/s1. The van der Waals surface area contributed by atoms with E-state index in [9.17, 15) is 14.4 Å². The zero-order valence-electron chi connectivity index (χ0n) is 25.0. The van der Waals surface area contributed by atoms with Gasteiger partial charge in [0.2, 0.25) is 0 Å². The molecule has 0 unspecified atom stereocenters. The number of fused-ring (bicyclic) bond motifs is 7. The molecule has 0 spiro atoms. The first-order valence-corrected chi connectivity index (χ1v) is 14.8. The third-order valence-corrected chi connectivity index (χ3v) is 13.0. The van der Waals surface area contributed by atoms with Crippen LogP contribution < -0.4 is 0 Å². The number of carbonyl (C=O) groups excluding carboxylic acids is 3. The molecule has 3 saturated carbocycles. The molecule has 0 saturated heterocycles. The first-order valence-electron chi connectivity index (χ1n) is 14.8. The smallest absolute Gasteiger partial charge is 0.316 e. The van der Waals surface area contributed by atoms with Gasteiger partial charge < -0.3 is 9.47 Å². The van der Waals surface area contributed by atoms with Crippen molar-refractivity contribution in [2.45, 2.75) is 100 Å². The fourth-order valence-electron chi connectivity index (χ4n) is 10.7. The fourth-order valence-corrected chi connectivity index (χ4v) is 10.7. The van der Waals surface area contributed by atoms with E-state index in [0.717, 1.165) is 44.1 Å². The van der Waals surface area contributed by atoms with Crippen LogP contribution >= 0.6 is 0 Å². The lowest BCUT2D eigenvalue weighted by Gasteiger charge is -2.69. The Balaban J connectivity index is 1.64. The van der Waals surface area contributed by atoms with E-state index in [2.05, 4.69) is 60.6 Å². The predicted octanol–water partition coefficient (Wildman–Crippen LogP) is 6.70. The Morgan fingerprint density at radius 3 is 2.26 bits per heavy atom. The maximum atomic E-state index is 14.5. The van der Waals surface area contributed by atoms with Crippen molar-refractivity contribution in [3.63, 3.8) is 0 Å². The van der Waals surface area contributed by atoms with Crippen LogP contribution in [0.2, 0.25) is 0 Å². The molecule has 0 aromatic carbocycles. The van der Waals surface area contributed by atoms with Gasteiger partial charge in [-0.25, -0.2) is 0 Å². The zero-order valence-corrected chi connectivity index (χ0v) is 25.0. The van der Waals surface area contributed by atoms with Crippen LogP contribution in [0, 0.1) is 56.7 Å². The van der Waals surface area contributed by atoms with Crippen LogP contribution in [-0.4, -0.2) is 30.9 Å². The molecule has 0 radical (unpaired) electrons. The second-order valence-corrected chi connectivity index (χ2v) is 14.8. The van der Waals surface area contributed by atoms with E-state index in [4.69, 9.17) is 9.47 Å². The SMILES string of the molecule is COC(=O)[C@@]12C=C[C@]3(C)C(=CC(=O)[C@@H]4[C@@]5(C)CC[C@H](OC(C)=O)C(C)(C)[C@@H]5CC[C@]43C)[C@@H]1[C@@H](C)[C@H](C)CC2. The van der Waals surface area contributed by atoms with Crippen LogP contribution in [0.3, 0.4) is 0 Å². The van der Waals surface area contributed by atoms with Gasteiger partial charge in [-0.2, -0.15) is 0 Å². The number of carbonyl (C=O) groups is 3. The van der Waals surface area contributed by atoms with Gasteiger partial charge in [0.1, 0.15) is 6.10 Å². The topological polar surface area (TPSA) is 69.7 Å². The van der Waals surface area contributed by atoms with Crippen LogP contribution in [0.4, 0.5) is 0 Å². The van der Waals surface area contributed by atoms with Crippen molar-refractivity contribution in [1.82, 2.24) is 0 Å². The molecule has 5 heteroatoms. The molecular formula is C33H48O5. The first kappa shape index (κ1) is 27.6. The van der Waals surface area contributed by atoms with Gasteiger partial charge in [-0.15, -0.1) is 0 Å². The molecule has 5 rings (SSSR count). The normalized spacial score (nSPS) is 49.0. The second kappa shape index (κ2) is 8.54. The van der Waals surface area contributed by atoms with Gasteiger partial charge in [-0.05, 0) is 73.2 Å². The zero-order chi connectivity index (χ0) is 28.1. The van der Waals surface area contributed by atoms with Crippen LogP contribution in [0.5, 0.6) is 0 Å². The lowest BCUT2D eigenvalue weighted by molar-refractivity contribution is -0.203. The molecule has 38 heavy (non-hydrogen) atoms. The Bertz CT molecular complexity index is 1120. The van der Waals surface area contributed by atoms with Crippen LogP contribution in [0.15, 0.2) is 23.8 Å². The summed E-state index contributed by atoms with van der Waals surface area (Å²) in [5.41, 5.74) is -0.511. The summed E-state index contributed by atoms with van der Waals surface area (Å²) in [7, 11) is 1.49. The molecule has 5 aliphatic rings. The Morgan fingerprint density at radius 1 is 0.947 bits per heavy atom. The van der Waals surface area contributed by atoms with Crippen LogP contribution in [0.1, 0.15) is 93.9 Å². The molecule has 210 valence electrons. The maximum Gasteiger partial charge on any atom is 0.316 e.